The van der Waals surface area contributed by atoms with Crippen LogP contribution in [0.5, 0.6) is 0 Å². The molecule has 0 aliphatic rings. The summed E-state index contributed by atoms with van der Waals surface area (Å²) >= 11 is 0. The number of ketones is 1. The second-order valence-electron chi connectivity index (χ2n) is 5.02. The van der Waals surface area contributed by atoms with Crippen LogP contribution in [-0.4, -0.2) is 11.7 Å². The van der Waals surface area contributed by atoms with E-state index in [1.54, 1.807) is 24.3 Å². The average molecular weight is 321 g/mol. The second-order valence-corrected chi connectivity index (χ2v) is 5.02. The molecule has 2 rings (SSSR count). The van der Waals surface area contributed by atoms with Gasteiger partial charge in [-0.15, -0.1) is 0 Å². The third kappa shape index (κ3) is 4.42. The van der Waals surface area contributed by atoms with E-state index in [4.69, 9.17) is 0 Å². The number of carbonyl (C=O) groups excluding carboxylic acids is 2. The molecule has 0 saturated carbocycles. The fourth-order valence-corrected chi connectivity index (χ4v) is 2.09. The Balaban J connectivity index is 2.07. The van der Waals surface area contributed by atoms with E-state index in [9.17, 15) is 22.8 Å². The third-order valence-corrected chi connectivity index (χ3v) is 3.23. The van der Waals surface area contributed by atoms with Gasteiger partial charge >= 0.3 is 6.18 Å². The summed E-state index contributed by atoms with van der Waals surface area (Å²) in [6.45, 7) is 1.39. The largest absolute Gasteiger partial charge is 0.416 e. The molecule has 0 saturated heterocycles. The van der Waals surface area contributed by atoms with E-state index in [2.05, 4.69) is 5.32 Å². The van der Waals surface area contributed by atoms with E-state index in [0.29, 0.717) is 16.8 Å². The molecule has 6 heteroatoms. The van der Waals surface area contributed by atoms with Gasteiger partial charge in [0, 0.05) is 5.56 Å². The zero-order chi connectivity index (χ0) is 17.0. The lowest BCUT2D eigenvalue weighted by atomic mass is 10.1. The van der Waals surface area contributed by atoms with E-state index < -0.39 is 17.6 Å². The molecule has 1 amide bonds. The monoisotopic (exact) mass is 321 g/mol. The van der Waals surface area contributed by atoms with Crippen molar-refractivity contribution >= 4 is 17.4 Å². The highest BCUT2D eigenvalue weighted by Crippen LogP contribution is 2.29. The summed E-state index contributed by atoms with van der Waals surface area (Å²) in [4.78, 5) is 23.5. The summed E-state index contributed by atoms with van der Waals surface area (Å²) in [7, 11) is 0. The maximum absolute atomic E-state index is 12.5. The van der Waals surface area contributed by atoms with Crippen LogP contribution < -0.4 is 5.32 Å². The number of Topliss-reactive ketones (excluding diaryl/α,β-unsaturated/α-hetero) is 1. The highest BCUT2D eigenvalue weighted by atomic mass is 19.4. The lowest BCUT2D eigenvalue weighted by Crippen LogP contribution is -2.16. The molecule has 0 radical (unpaired) electrons. The molecule has 2 aromatic rings. The lowest BCUT2D eigenvalue weighted by Gasteiger charge is -2.10. The predicted molar refractivity (Wildman–Crippen MR) is 80.2 cm³/mol. The first-order valence-corrected chi connectivity index (χ1v) is 6.83. The summed E-state index contributed by atoms with van der Waals surface area (Å²) in [6, 6.07) is 11.0. The van der Waals surface area contributed by atoms with Crippen LogP contribution >= 0.6 is 0 Å². The number of anilines is 1. The molecule has 1 N–H and O–H groups in total. The first-order valence-electron chi connectivity index (χ1n) is 6.83. The van der Waals surface area contributed by atoms with E-state index in [1.807, 2.05) is 0 Å². The zero-order valence-electron chi connectivity index (χ0n) is 12.3. The minimum atomic E-state index is -4.40. The Morgan fingerprint density at radius 1 is 1.00 bits per heavy atom. The standard InChI is InChI=1S/C17H14F3NO2/c1-11(22)14-4-2-3-5-15(14)21-16(23)10-12-6-8-13(9-7-12)17(18,19)20/h2-9H,10H2,1H3,(H,21,23). The average Bonchev–Trinajstić information content (AvgIpc) is 2.47. The molecule has 0 unspecified atom stereocenters. The van der Waals surface area contributed by atoms with Gasteiger partial charge in [0.15, 0.2) is 5.78 Å². The Labute approximate surface area is 131 Å². The maximum Gasteiger partial charge on any atom is 0.416 e. The first kappa shape index (κ1) is 16.7. The Morgan fingerprint density at radius 3 is 2.17 bits per heavy atom. The maximum atomic E-state index is 12.5. The van der Waals surface area contributed by atoms with Crippen LogP contribution in [0, 0.1) is 0 Å². The normalized spacial score (nSPS) is 11.1. The molecular formula is C17H14F3NO2. The Hall–Kier alpha value is -2.63. The fraction of sp³-hybridized carbons (Fsp3) is 0.176. The second kappa shape index (κ2) is 6.64. The molecule has 0 aliphatic heterocycles. The van der Waals surface area contributed by atoms with Gasteiger partial charge in [0.2, 0.25) is 5.91 Å². The third-order valence-electron chi connectivity index (χ3n) is 3.23. The number of para-hydroxylation sites is 1. The van der Waals surface area contributed by atoms with Crippen molar-refractivity contribution < 1.29 is 22.8 Å². The predicted octanol–water partition coefficient (Wildman–Crippen LogP) is 4.09. The molecule has 3 nitrogen and oxygen atoms in total. The topological polar surface area (TPSA) is 46.2 Å². The van der Waals surface area contributed by atoms with Crippen molar-refractivity contribution in [2.45, 2.75) is 19.5 Å². The Kier molecular flexibility index (Phi) is 4.83. The smallest absolute Gasteiger partial charge is 0.325 e. The number of halogens is 3. The van der Waals surface area contributed by atoms with Gasteiger partial charge in [-0.05, 0) is 36.8 Å². The minimum absolute atomic E-state index is 0.0790. The molecule has 23 heavy (non-hydrogen) atoms. The molecule has 0 aromatic heterocycles. The van der Waals surface area contributed by atoms with Crippen molar-refractivity contribution in [3.8, 4) is 0 Å². The number of nitrogens with one attached hydrogen (secondary N) is 1. The number of carbonyl (C=O) groups is 2. The fourth-order valence-electron chi connectivity index (χ4n) is 2.09. The van der Waals surface area contributed by atoms with Crippen molar-refractivity contribution in [2.75, 3.05) is 5.32 Å². The van der Waals surface area contributed by atoms with Crippen LogP contribution in [-0.2, 0) is 17.4 Å². The Morgan fingerprint density at radius 2 is 1.61 bits per heavy atom. The van der Waals surface area contributed by atoms with E-state index in [1.165, 1.54) is 19.1 Å². The van der Waals surface area contributed by atoms with Crippen molar-refractivity contribution in [3.05, 3.63) is 65.2 Å². The molecule has 120 valence electrons. The van der Waals surface area contributed by atoms with Gasteiger partial charge in [0.25, 0.3) is 0 Å². The summed E-state index contributed by atoms with van der Waals surface area (Å²) in [5.41, 5.74) is 0.463. The van der Waals surface area contributed by atoms with Gasteiger partial charge in [-0.2, -0.15) is 13.2 Å². The van der Waals surface area contributed by atoms with Gasteiger partial charge in [-0.1, -0.05) is 24.3 Å². The zero-order valence-corrected chi connectivity index (χ0v) is 12.3. The number of alkyl halides is 3. The summed E-state index contributed by atoms with van der Waals surface area (Å²) < 4.78 is 37.4. The van der Waals surface area contributed by atoms with Crippen molar-refractivity contribution in [1.29, 1.82) is 0 Å². The summed E-state index contributed by atoms with van der Waals surface area (Å²) in [6.07, 6.45) is -4.48. The molecule has 0 heterocycles. The van der Waals surface area contributed by atoms with Crippen LogP contribution in [0.2, 0.25) is 0 Å². The first-order chi connectivity index (χ1) is 10.8. The quantitative estimate of drug-likeness (QED) is 0.862. The number of rotatable bonds is 4. The van der Waals surface area contributed by atoms with E-state index >= 15 is 0 Å². The van der Waals surface area contributed by atoms with Gasteiger partial charge in [-0.25, -0.2) is 0 Å². The van der Waals surface area contributed by atoms with Crippen molar-refractivity contribution in [2.24, 2.45) is 0 Å². The molecule has 2 aromatic carbocycles. The molecule has 0 spiro atoms. The lowest BCUT2D eigenvalue weighted by molar-refractivity contribution is -0.137. The van der Waals surface area contributed by atoms with Gasteiger partial charge in [0.05, 0.1) is 17.7 Å². The van der Waals surface area contributed by atoms with Crippen LogP contribution in [0.1, 0.15) is 28.4 Å². The summed E-state index contributed by atoms with van der Waals surface area (Å²) in [5, 5.41) is 2.60. The van der Waals surface area contributed by atoms with E-state index in [-0.39, 0.29) is 12.2 Å². The van der Waals surface area contributed by atoms with Gasteiger partial charge in [0.1, 0.15) is 0 Å². The van der Waals surface area contributed by atoms with Crippen LogP contribution in [0.25, 0.3) is 0 Å². The SMILES string of the molecule is CC(=O)c1ccccc1NC(=O)Cc1ccc(C(F)(F)F)cc1. The number of amides is 1. The highest BCUT2D eigenvalue weighted by molar-refractivity contribution is 6.04. The van der Waals surface area contributed by atoms with Crippen LogP contribution in [0.4, 0.5) is 18.9 Å². The number of hydrogen-bond donors (Lipinski definition) is 1. The van der Waals surface area contributed by atoms with E-state index in [0.717, 1.165) is 12.1 Å². The highest BCUT2D eigenvalue weighted by Gasteiger charge is 2.29. The molecule has 0 fully saturated rings. The molecular weight excluding hydrogens is 307 g/mol. The minimum Gasteiger partial charge on any atom is -0.325 e. The van der Waals surface area contributed by atoms with Crippen LogP contribution in [0.3, 0.4) is 0 Å². The number of hydrogen-bond acceptors (Lipinski definition) is 2. The molecule has 0 aliphatic carbocycles. The van der Waals surface area contributed by atoms with Crippen LogP contribution in [0.15, 0.2) is 48.5 Å². The molecule has 0 atom stereocenters. The van der Waals surface area contributed by atoms with Crippen molar-refractivity contribution in [1.82, 2.24) is 0 Å². The van der Waals surface area contributed by atoms with Gasteiger partial charge < -0.3 is 5.32 Å². The number of benzene rings is 2. The summed E-state index contributed by atoms with van der Waals surface area (Å²) in [5.74, 6) is -0.589. The Bertz CT molecular complexity index is 721. The molecule has 0 bridgehead atoms. The van der Waals surface area contributed by atoms with Crippen molar-refractivity contribution in [3.63, 3.8) is 0 Å². The van der Waals surface area contributed by atoms with Gasteiger partial charge in [-0.3, -0.25) is 9.59 Å².